The first-order valence-corrected chi connectivity index (χ1v) is 4.94. The third kappa shape index (κ3) is 1.73. The highest BCUT2D eigenvalue weighted by Crippen LogP contribution is 2.04. The van der Waals surface area contributed by atoms with Gasteiger partial charge in [-0.25, -0.2) is 4.79 Å². The van der Waals surface area contributed by atoms with Gasteiger partial charge in [0.1, 0.15) is 0 Å². The van der Waals surface area contributed by atoms with Gasteiger partial charge in [0.25, 0.3) is 0 Å². The maximum Gasteiger partial charge on any atom is 0.343 e. The van der Waals surface area contributed by atoms with Crippen molar-refractivity contribution in [3.63, 3.8) is 0 Å². The summed E-state index contributed by atoms with van der Waals surface area (Å²) in [6, 6.07) is 0. The zero-order chi connectivity index (χ0) is 7.40. The van der Waals surface area contributed by atoms with E-state index in [4.69, 9.17) is 0 Å². The molecule has 0 aromatic carbocycles. The molecule has 1 rings (SSSR count). The number of halogens is 1. The fraction of sp³-hybridized carbons (Fsp3) is 0.167. The Bertz CT molecular complexity index is 230. The molecule has 0 saturated carbocycles. The lowest BCUT2D eigenvalue weighted by molar-refractivity contribution is -0.132. The van der Waals surface area contributed by atoms with Gasteiger partial charge in [0.15, 0.2) is 0 Å². The first-order chi connectivity index (χ1) is 4.84. The number of carbonyl (C=O) groups is 1. The van der Waals surface area contributed by atoms with E-state index in [1.807, 2.05) is 0 Å². The Morgan fingerprint density at radius 2 is 2.60 bits per heavy atom. The summed E-state index contributed by atoms with van der Waals surface area (Å²) in [5.41, 5.74) is 0. The smallest absolute Gasteiger partial charge is 0.343 e. The molecule has 0 N–H and O–H groups in total. The van der Waals surface area contributed by atoms with Crippen molar-refractivity contribution >= 4 is 34.4 Å². The number of ether oxygens (including phenoxy) is 1. The van der Waals surface area contributed by atoms with E-state index < -0.39 is 0 Å². The van der Waals surface area contributed by atoms with E-state index in [1.54, 1.807) is 16.5 Å². The lowest BCUT2D eigenvalue weighted by Crippen LogP contribution is -2.11. The summed E-state index contributed by atoms with van der Waals surface area (Å²) in [5.74, 6) is -0.227. The third-order valence-corrected chi connectivity index (χ3v) is 2.98. The SMILES string of the molecule is COC(=O)C1=IC=NC=C1. The molecule has 0 aromatic heterocycles. The number of rotatable bonds is 1. The average Bonchev–Trinajstić information content (AvgIpc) is 2.05. The molecule has 0 radical (unpaired) electrons. The van der Waals surface area contributed by atoms with Gasteiger partial charge in [-0.2, -0.15) is 0 Å². The number of aliphatic imine (C=N–C) groups is 1. The maximum absolute atomic E-state index is 10.8. The van der Waals surface area contributed by atoms with Gasteiger partial charge < -0.3 is 4.74 Å². The van der Waals surface area contributed by atoms with Gasteiger partial charge in [-0.15, -0.1) is 0 Å². The second-order valence-corrected chi connectivity index (χ2v) is 3.85. The number of nitrogens with zero attached hydrogens (tertiary/aromatic N) is 1. The van der Waals surface area contributed by atoms with Gasteiger partial charge in [0.2, 0.25) is 0 Å². The zero-order valence-electron chi connectivity index (χ0n) is 5.37. The molecular weight excluding hydrogens is 245 g/mol. The Kier molecular flexibility index (Phi) is 2.73. The lowest BCUT2D eigenvalue weighted by atomic mass is 10.4. The summed E-state index contributed by atoms with van der Waals surface area (Å²) < 4.78 is 7.07. The Hall–Kier alpha value is -0.520. The number of hydrogen-bond acceptors (Lipinski definition) is 3. The van der Waals surface area contributed by atoms with Crippen molar-refractivity contribution in [1.82, 2.24) is 0 Å². The number of methoxy groups -OCH3 is 1. The summed E-state index contributed by atoms with van der Waals surface area (Å²) >= 11 is -0.334. The predicted octanol–water partition coefficient (Wildman–Crippen LogP) is 0.858. The van der Waals surface area contributed by atoms with Crippen LogP contribution in [0.1, 0.15) is 0 Å². The first-order valence-electron chi connectivity index (χ1n) is 2.61. The van der Waals surface area contributed by atoms with E-state index >= 15 is 0 Å². The predicted molar refractivity (Wildman–Crippen MR) is 48.7 cm³/mol. The van der Waals surface area contributed by atoms with Crippen LogP contribution in [0.3, 0.4) is 0 Å². The number of carbonyl (C=O) groups excluding carboxylic acids is 1. The number of esters is 1. The molecule has 0 amide bonds. The minimum absolute atomic E-state index is 0.227. The molecule has 0 fully saturated rings. The van der Waals surface area contributed by atoms with Crippen LogP contribution in [0.4, 0.5) is 0 Å². The normalized spacial score (nSPS) is 15.5. The first kappa shape index (κ1) is 7.59. The molecule has 1 aliphatic heterocycles. The van der Waals surface area contributed by atoms with E-state index in [9.17, 15) is 4.79 Å². The summed E-state index contributed by atoms with van der Waals surface area (Å²) in [4.78, 5) is 14.7. The fourth-order valence-electron chi connectivity index (χ4n) is 0.468. The third-order valence-electron chi connectivity index (χ3n) is 0.910. The van der Waals surface area contributed by atoms with Crippen LogP contribution in [0.25, 0.3) is 0 Å². The van der Waals surface area contributed by atoms with Crippen molar-refractivity contribution in [2.45, 2.75) is 0 Å². The Labute approximate surface area is 68.5 Å². The summed E-state index contributed by atoms with van der Waals surface area (Å²) in [6.45, 7) is 0. The minimum atomic E-state index is -0.334. The topological polar surface area (TPSA) is 38.7 Å². The monoisotopic (exact) mass is 251 g/mol. The van der Waals surface area contributed by atoms with Crippen LogP contribution >= 0.6 is 20.7 Å². The van der Waals surface area contributed by atoms with E-state index in [-0.39, 0.29) is 26.7 Å². The van der Waals surface area contributed by atoms with E-state index in [0.717, 1.165) is 3.51 Å². The molecule has 0 unspecified atom stereocenters. The summed E-state index contributed by atoms with van der Waals surface area (Å²) in [7, 11) is 1.39. The van der Waals surface area contributed by atoms with Crippen LogP contribution < -0.4 is 0 Å². The van der Waals surface area contributed by atoms with Crippen molar-refractivity contribution in [3.05, 3.63) is 12.3 Å². The molecule has 10 heavy (non-hydrogen) atoms. The summed E-state index contributed by atoms with van der Waals surface area (Å²) in [5, 5.41) is 0. The largest absolute Gasteiger partial charge is 0.465 e. The fourth-order valence-corrected chi connectivity index (χ4v) is 1.96. The molecule has 54 valence electrons. The number of hydrogen-bond donors (Lipinski definition) is 0. The van der Waals surface area contributed by atoms with Gasteiger partial charge in [-0.05, 0) is 6.08 Å². The van der Waals surface area contributed by atoms with Crippen LogP contribution in [-0.4, -0.2) is 20.8 Å². The molecular formula is C6H6INO2. The Morgan fingerprint density at radius 3 is 3.10 bits per heavy atom. The van der Waals surface area contributed by atoms with E-state index in [0.29, 0.717) is 0 Å². The van der Waals surface area contributed by atoms with E-state index in [1.165, 1.54) is 7.11 Å². The second-order valence-electron chi connectivity index (χ2n) is 1.51. The highest BCUT2D eigenvalue weighted by atomic mass is 127. The van der Waals surface area contributed by atoms with Gasteiger partial charge in [0, 0.05) is 6.20 Å². The molecule has 0 aromatic rings. The molecule has 1 aliphatic rings. The van der Waals surface area contributed by atoms with Crippen molar-refractivity contribution in [2.75, 3.05) is 7.11 Å². The Morgan fingerprint density at radius 1 is 1.80 bits per heavy atom. The van der Waals surface area contributed by atoms with Crippen molar-refractivity contribution in [1.29, 1.82) is 0 Å². The van der Waals surface area contributed by atoms with Gasteiger partial charge >= 0.3 is 5.97 Å². The molecule has 0 spiro atoms. The standard InChI is InChI=1S/C6H6INO2/c1-10-6(9)5-2-3-8-4-7-5/h2-4H,1H3. The maximum atomic E-state index is 10.8. The molecule has 1 heterocycles. The van der Waals surface area contributed by atoms with E-state index in [2.05, 4.69) is 9.73 Å². The Balaban J connectivity index is 2.74. The van der Waals surface area contributed by atoms with Gasteiger partial charge in [0.05, 0.1) is 14.8 Å². The minimum Gasteiger partial charge on any atom is -0.465 e. The molecule has 4 heteroatoms. The van der Waals surface area contributed by atoms with Gasteiger partial charge in [-0.1, -0.05) is 20.7 Å². The second kappa shape index (κ2) is 3.60. The molecule has 3 nitrogen and oxygen atoms in total. The van der Waals surface area contributed by atoms with Crippen LogP contribution in [0.15, 0.2) is 17.3 Å². The van der Waals surface area contributed by atoms with Crippen LogP contribution in [0, 0.1) is 0 Å². The highest BCUT2D eigenvalue weighted by Gasteiger charge is 2.05. The molecule has 0 aliphatic carbocycles. The highest BCUT2D eigenvalue weighted by molar-refractivity contribution is 14.2. The molecule has 0 bridgehead atoms. The summed E-state index contributed by atoms with van der Waals surface area (Å²) in [6.07, 6.45) is 3.31. The lowest BCUT2D eigenvalue weighted by Gasteiger charge is -1.97. The van der Waals surface area contributed by atoms with Gasteiger partial charge in [-0.3, -0.25) is 4.99 Å². The van der Waals surface area contributed by atoms with Crippen LogP contribution in [-0.2, 0) is 9.53 Å². The average molecular weight is 251 g/mol. The molecule has 0 atom stereocenters. The van der Waals surface area contributed by atoms with Crippen LogP contribution in [0.2, 0.25) is 0 Å². The zero-order valence-corrected chi connectivity index (χ0v) is 7.53. The van der Waals surface area contributed by atoms with Crippen molar-refractivity contribution < 1.29 is 9.53 Å². The quantitative estimate of drug-likeness (QED) is 0.512. The van der Waals surface area contributed by atoms with Crippen LogP contribution in [0.5, 0.6) is 0 Å². The van der Waals surface area contributed by atoms with Crippen molar-refractivity contribution in [3.8, 4) is 0 Å². The molecule has 0 saturated heterocycles. The van der Waals surface area contributed by atoms with Crippen molar-refractivity contribution in [2.24, 2.45) is 4.99 Å².